The highest BCUT2D eigenvalue weighted by atomic mass is 19.3. The van der Waals surface area contributed by atoms with Crippen molar-refractivity contribution in [2.24, 2.45) is 7.05 Å². The van der Waals surface area contributed by atoms with E-state index >= 15 is 8.78 Å². The van der Waals surface area contributed by atoms with Crippen LogP contribution < -0.4 is 20.3 Å². The first-order valence-electron chi connectivity index (χ1n) is 12.3. The van der Waals surface area contributed by atoms with Crippen molar-refractivity contribution in [3.63, 3.8) is 0 Å². The number of ether oxygens (including phenoxy) is 2. The first kappa shape index (κ1) is 30.4. The number of amides is 1. The van der Waals surface area contributed by atoms with Gasteiger partial charge in [-0.3, -0.25) is 14.3 Å². The summed E-state index contributed by atoms with van der Waals surface area (Å²) in [7, 11) is 6.22. The second kappa shape index (κ2) is 11.7. The topological polar surface area (TPSA) is 87.4 Å². The summed E-state index contributed by atoms with van der Waals surface area (Å²) >= 11 is 0. The summed E-state index contributed by atoms with van der Waals surface area (Å²) in [5.41, 5.74) is -3.44. The summed E-state index contributed by atoms with van der Waals surface area (Å²) in [6, 6.07) is 8.15. The molecule has 0 aliphatic heterocycles. The number of carbonyl (C=O) groups excluding carboxylic acids is 1. The lowest BCUT2D eigenvalue weighted by atomic mass is 9.52. The zero-order valence-corrected chi connectivity index (χ0v) is 22.6. The van der Waals surface area contributed by atoms with Gasteiger partial charge in [0.1, 0.15) is 58.1 Å². The Hall–Kier alpha value is -4.56. The first-order chi connectivity index (χ1) is 19.7. The normalized spacial score (nSPS) is 11.6. The number of benzene rings is 2. The maximum Gasteiger partial charge on any atom is 0.387 e. The van der Waals surface area contributed by atoms with Gasteiger partial charge in [0, 0.05) is 41.8 Å². The highest BCUT2D eigenvalue weighted by molar-refractivity contribution is 6.58. The van der Waals surface area contributed by atoms with Gasteiger partial charge in [0.05, 0.1) is 5.56 Å². The van der Waals surface area contributed by atoms with Gasteiger partial charge in [0.2, 0.25) is 0 Å². The SMILES string of the molecule is BC(B)(B)Oc1cc(F)c(-c2c(NC(=O)c3ccc(OC(F)F)cc3)c(=O)n(-c3cc(C(F)F)ccn3)n2C)c(F)c1. The summed E-state index contributed by atoms with van der Waals surface area (Å²) in [5, 5.41) is 1.51. The molecule has 1 amide bonds. The fraction of sp³-hybridized carbons (Fsp3) is 0.160. The third kappa shape index (κ3) is 6.50. The minimum Gasteiger partial charge on any atom is -0.513 e. The molecule has 4 aromatic rings. The zero-order chi connectivity index (χ0) is 30.9. The van der Waals surface area contributed by atoms with Crippen LogP contribution in [0.4, 0.5) is 32.0 Å². The van der Waals surface area contributed by atoms with Gasteiger partial charge in [-0.05, 0) is 36.4 Å². The number of anilines is 1. The third-order valence-corrected chi connectivity index (χ3v) is 5.76. The van der Waals surface area contributed by atoms with Crippen LogP contribution in [0.25, 0.3) is 17.1 Å². The van der Waals surface area contributed by atoms with Crippen molar-refractivity contribution < 1.29 is 40.6 Å². The van der Waals surface area contributed by atoms with E-state index < -0.39 is 63.9 Å². The van der Waals surface area contributed by atoms with Gasteiger partial charge in [-0.1, -0.05) is 0 Å². The lowest BCUT2D eigenvalue weighted by Crippen LogP contribution is -2.37. The van der Waals surface area contributed by atoms with Gasteiger partial charge < -0.3 is 14.8 Å². The second-order valence-electron chi connectivity index (χ2n) is 9.95. The van der Waals surface area contributed by atoms with E-state index in [9.17, 15) is 27.2 Å². The van der Waals surface area contributed by atoms with E-state index in [1.165, 1.54) is 7.05 Å². The van der Waals surface area contributed by atoms with Crippen molar-refractivity contribution in [3.05, 3.63) is 87.8 Å². The molecular formula is C25H21B3F6N4O4. The highest BCUT2D eigenvalue weighted by Gasteiger charge is 2.29. The predicted molar refractivity (Wildman–Crippen MR) is 149 cm³/mol. The Bertz CT molecular complexity index is 1670. The van der Waals surface area contributed by atoms with Crippen molar-refractivity contribution in [2.75, 3.05) is 5.32 Å². The number of hydrogen-bond acceptors (Lipinski definition) is 5. The van der Waals surface area contributed by atoms with E-state index in [0.717, 1.165) is 64.1 Å². The highest BCUT2D eigenvalue weighted by Crippen LogP contribution is 2.35. The molecule has 0 atom stereocenters. The molecular weight excluding hydrogens is 567 g/mol. The van der Waals surface area contributed by atoms with E-state index in [1.807, 2.05) is 0 Å². The van der Waals surface area contributed by atoms with Crippen LogP contribution in [0.3, 0.4) is 0 Å². The summed E-state index contributed by atoms with van der Waals surface area (Å²) < 4.78 is 94.3. The van der Waals surface area contributed by atoms with E-state index in [1.54, 1.807) is 23.5 Å². The Labute approximate surface area is 237 Å². The Morgan fingerprint density at radius 3 is 2.14 bits per heavy atom. The van der Waals surface area contributed by atoms with E-state index in [-0.39, 0.29) is 22.9 Å². The zero-order valence-electron chi connectivity index (χ0n) is 22.6. The lowest BCUT2D eigenvalue weighted by Gasteiger charge is -2.22. The van der Waals surface area contributed by atoms with Crippen LogP contribution in [0.5, 0.6) is 11.5 Å². The van der Waals surface area contributed by atoms with Gasteiger partial charge in [0.15, 0.2) is 5.82 Å². The summed E-state index contributed by atoms with van der Waals surface area (Å²) in [6.45, 7) is -3.10. The number of nitrogens with one attached hydrogen (secondary N) is 1. The minimum atomic E-state index is -3.10. The molecule has 0 unspecified atom stereocenters. The average Bonchev–Trinajstić information content (AvgIpc) is 3.11. The average molecular weight is 588 g/mol. The Balaban J connectivity index is 1.88. The van der Waals surface area contributed by atoms with Gasteiger partial charge >= 0.3 is 6.61 Å². The van der Waals surface area contributed by atoms with Crippen LogP contribution in [0.15, 0.2) is 59.5 Å². The largest absolute Gasteiger partial charge is 0.513 e. The van der Waals surface area contributed by atoms with Gasteiger partial charge in [0.25, 0.3) is 17.9 Å². The number of rotatable bonds is 9. The number of nitrogens with zero attached hydrogens (tertiary/aromatic N) is 3. The van der Waals surface area contributed by atoms with Crippen LogP contribution in [0, 0.1) is 11.6 Å². The molecule has 0 radical (unpaired) electrons. The summed E-state index contributed by atoms with van der Waals surface area (Å²) in [5.74, 6) is -3.95. The van der Waals surface area contributed by atoms with Crippen molar-refractivity contribution in [1.82, 2.24) is 14.3 Å². The molecule has 4 rings (SSSR count). The van der Waals surface area contributed by atoms with E-state index in [4.69, 9.17) is 4.74 Å². The monoisotopic (exact) mass is 588 g/mol. The van der Waals surface area contributed by atoms with Crippen LogP contribution in [0.1, 0.15) is 22.3 Å². The van der Waals surface area contributed by atoms with Gasteiger partial charge in [-0.25, -0.2) is 22.5 Å². The fourth-order valence-corrected chi connectivity index (χ4v) is 4.11. The van der Waals surface area contributed by atoms with E-state index in [2.05, 4.69) is 15.0 Å². The molecule has 0 saturated carbocycles. The molecule has 2 aromatic carbocycles. The number of hydrogen-bond donors (Lipinski definition) is 1. The summed E-state index contributed by atoms with van der Waals surface area (Å²) in [6.07, 6.45) is -1.89. The molecule has 8 nitrogen and oxygen atoms in total. The Kier molecular flexibility index (Phi) is 8.50. The minimum absolute atomic E-state index is 0.120. The predicted octanol–water partition coefficient (Wildman–Crippen LogP) is 2.20. The lowest BCUT2D eigenvalue weighted by molar-refractivity contribution is -0.0498. The van der Waals surface area contributed by atoms with E-state index in [0.29, 0.717) is 0 Å². The molecule has 2 aromatic heterocycles. The first-order valence-corrected chi connectivity index (χ1v) is 12.3. The molecule has 0 aliphatic carbocycles. The molecule has 0 bridgehead atoms. The number of aromatic nitrogens is 3. The van der Waals surface area contributed by atoms with Crippen LogP contribution in [-0.2, 0) is 7.05 Å². The van der Waals surface area contributed by atoms with Gasteiger partial charge in [-0.15, -0.1) is 0 Å². The molecule has 0 aliphatic rings. The van der Waals surface area contributed by atoms with Crippen molar-refractivity contribution in [3.8, 4) is 28.6 Å². The fourth-order valence-electron chi connectivity index (χ4n) is 4.11. The van der Waals surface area contributed by atoms with Crippen molar-refractivity contribution >= 4 is 35.1 Å². The maximum absolute atomic E-state index is 15.5. The molecule has 2 heterocycles. The van der Waals surface area contributed by atoms with Crippen molar-refractivity contribution in [1.29, 1.82) is 0 Å². The molecule has 0 saturated heterocycles. The van der Waals surface area contributed by atoms with Crippen LogP contribution in [-0.4, -0.2) is 55.7 Å². The molecule has 17 heteroatoms. The molecule has 0 spiro atoms. The number of carbonyl (C=O) groups is 1. The van der Waals surface area contributed by atoms with Crippen LogP contribution >= 0.6 is 0 Å². The quantitative estimate of drug-likeness (QED) is 0.240. The molecule has 0 fully saturated rings. The second-order valence-corrected chi connectivity index (χ2v) is 9.95. The smallest absolute Gasteiger partial charge is 0.387 e. The Morgan fingerprint density at radius 2 is 1.60 bits per heavy atom. The maximum atomic E-state index is 15.5. The molecule has 42 heavy (non-hydrogen) atoms. The standard InChI is InChI=1S/C25H21B3F6N4O4/c1-37-20(18-15(29)9-14(10-16(18)30)42-25(26,27)28)19(23(40)38(37)17-8-12(21(31)32)6-7-35-17)36-22(39)11-2-4-13(5-3-11)41-24(33)34/h2-10,21,24H,26-28H2,1H3,(H,36,39). The summed E-state index contributed by atoms with van der Waals surface area (Å²) in [4.78, 5) is 30.6. The molecule has 1 N–H and O–H groups in total. The number of alkyl halides is 4. The van der Waals surface area contributed by atoms with Crippen LogP contribution in [0.2, 0.25) is 0 Å². The number of pyridine rings is 1. The van der Waals surface area contributed by atoms with Gasteiger partial charge in [-0.2, -0.15) is 13.5 Å². The third-order valence-electron chi connectivity index (χ3n) is 5.76. The van der Waals surface area contributed by atoms with Crippen molar-refractivity contribution in [2.45, 2.75) is 18.3 Å². The number of halogens is 6. The Morgan fingerprint density at radius 1 is 0.976 bits per heavy atom. The molecule has 216 valence electrons.